The van der Waals surface area contributed by atoms with Crippen molar-refractivity contribution in [1.82, 2.24) is 9.97 Å². The molecule has 0 radical (unpaired) electrons. The minimum Gasteiger partial charge on any atom is -0.333 e. The number of H-pyrrole nitrogens is 1. The Bertz CT molecular complexity index is 1040. The molecule has 3 aromatic carbocycles. The van der Waals surface area contributed by atoms with Gasteiger partial charge in [-0.25, -0.2) is 4.98 Å². The number of aromatic nitrogens is 2. The first-order chi connectivity index (χ1) is 12.8. The first-order valence-electron chi connectivity index (χ1n) is 8.29. The van der Waals surface area contributed by atoms with Crippen LogP contribution in [0.4, 0.5) is 0 Å². The second kappa shape index (κ2) is 7.42. The number of Topliss-reactive ketones (excluding diaryl/α,β-unsaturated/α-hetero) is 1. The van der Waals surface area contributed by atoms with Crippen LogP contribution in [-0.4, -0.2) is 15.8 Å². The molecule has 26 heavy (non-hydrogen) atoms. The van der Waals surface area contributed by atoms with Gasteiger partial charge in [-0.15, -0.1) is 0 Å². The molecule has 1 N–H and O–H groups in total. The number of aromatic amines is 1. The molecule has 0 unspecified atom stereocenters. The van der Waals surface area contributed by atoms with Gasteiger partial charge in [0.15, 0.2) is 10.9 Å². The van der Waals surface area contributed by atoms with Crippen LogP contribution < -0.4 is 0 Å². The summed E-state index contributed by atoms with van der Waals surface area (Å²) in [6.07, 6.45) is 1.91. The topological polar surface area (TPSA) is 45.8 Å². The Morgan fingerprint density at radius 1 is 0.846 bits per heavy atom. The van der Waals surface area contributed by atoms with Gasteiger partial charge >= 0.3 is 0 Å². The highest BCUT2D eigenvalue weighted by Gasteiger charge is 2.16. The molecule has 4 rings (SSSR count). The van der Waals surface area contributed by atoms with E-state index >= 15 is 0 Å². The first-order valence-corrected chi connectivity index (χ1v) is 9.10. The van der Waals surface area contributed by atoms with Crippen LogP contribution in [0.5, 0.6) is 0 Å². The van der Waals surface area contributed by atoms with Gasteiger partial charge in [0.2, 0.25) is 0 Å². The lowest BCUT2D eigenvalue weighted by atomic mass is 10.1. The molecule has 0 amide bonds. The summed E-state index contributed by atoms with van der Waals surface area (Å²) in [7, 11) is 0. The summed E-state index contributed by atoms with van der Waals surface area (Å²) in [5, 5.41) is 0.706. The third-order valence-corrected chi connectivity index (χ3v) is 4.84. The van der Waals surface area contributed by atoms with Gasteiger partial charge in [-0.3, -0.25) is 4.79 Å². The highest BCUT2D eigenvalue weighted by molar-refractivity contribution is 8.04. The predicted octanol–water partition coefficient (Wildman–Crippen LogP) is 5.58. The van der Waals surface area contributed by atoms with Crippen LogP contribution in [0, 0.1) is 0 Å². The Hall–Kier alpha value is -3.11. The number of thioether (sulfide) groups is 1. The molecule has 4 heteroatoms. The maximum atomic E-state index is 13.0. The van der Waals surface area contributed by atoms with Crippen molar-refractivity contribution >= 4 is 34.7 Å². The van der Waals surface area contributed by atoms with Gasteiger partial charge in [-0.1, -0.05) is 72.8 Å². The lowest BCUT2D eigenvalue weighted by molar-refractivity contribution is 0.104. The van der Waals surface area contributed by atoms with Crippen molar-refractivity contribution in [3.8, 4) is 0 Å². The summed E-state index contributed by atoms with van der Waals surface area (Å²) in [6, 6.07) is 27.0. The molecule has 0 atom stereocenters. The van der Waals surface area contributed by atoms with Crippen LogP contribution in [0.1, 0.15) is 15.9 Å². The molecular formula is C22H16N2OS. The number of nitrogens with one attached hydrogen (secondary N) is 1. The summed E-state index contributed by atoms with van der Waals surface area (Å²) in [4.78, 5) is 21.5. The predicted molar refractivity (Wildman–Crippen MR) is 107 cm³/mol. The fourth-order valence-electron chi connectivity index (χ4n) is 2.66. The third kappa shape index (κ3) is 3.60. The lowest BCUT2D eigenvalue weighted by Gasteiger charge is -2.05. The van der Waals surface area contributed by atoms with E-state index in [0.29, 0.717) is 15.6 Å². The van der Waals surface area contributed by atoms with Crippen LogP contribution in [-0.2, 0) is 0 Å². The van der Waals surface area contributed by atoms with Crippen LogP contribution in [0.15, 0.2) is 95.0 Å². The second-order valence-corrected chi connectivity index (χ2v) is 6.81. The Morgan fingerprint density at radius 3 is 2.23 bits per heavy atom. The minimum atomic E-state index is -0.0140. The molecule has 0 fully saturated rings. The Balaban J connectivity index is 1.72. The van der Waals surface area contributed by atoms with E-state index in [0.717, 1.165) is 16.6 Å². The van der Waals surface area contributed by atoms with E-state index in [9.17, 15) is 4.79 Å². The van der Waals surface area contributed by atoms with Crippen LogP contribution in [0.3, 0.4) is 0 Å². The fourth-order valence-corrected chi connectivity index (χ4v) is 3.57. The number of carbonyl (C=O) groups is 1. The summed E-state index contributed by atoms with van der Waals surface area (Å²) in [5.41, 5.74) is 3.50. The summed E-state index contributed by atoms with van der Waals surface area (Å²) in [6.45, 7) is 0. The molecule has 0 saturated carbocycles. The lowest BCUT2D eigenvalue weighted by Crippen LogP contribution is -2.01. The first kappa shape index (κ1) is 16.4. The van der Waals surface area contributed by atoms with Crippen molar-refractivity contribution in [2.75, 3.05) is 0 Å². The smallest absolute Gasteiger partial charge is 0.199 e. The van der Waals surface area contributed by atoms with Gasteiger partial charge in [0.05, 0.1) is 15.9 Å². The third-order valence-electron chi connectivity index (χ3n) is 3.93. The monoisotopic (exact) mass is 356 g/mol. The highest BCUT2D eigenvalue weighted by atomic mass is 32.2. The van der Waals surface area contributed by atoms with Crippen molar-refractivity contribution in [2.24, 2.45) is 0 Å². The molecule has 0 aliphatic heterocycles. The molecular weight excluding hydrogens is 340 g/mol. The molecule has 3 nitrogen and oxygen atoms in total. The van der Waals surface area contributed by atoms with Gasteiger partial charge in [0, 0.05) is 5.56 Å². The van der Waals surface area contributed by atoms with Crippen molar-refractivity contribution in [3.05, 3.63) is 101 Å². The van der Waals surface area contributed by atoms with Gasteiger partial charge in [0.25, 0.3) is 0 Å². The number of hydrogen-bond donors (Lipinski definition) is 1. The van der Waals surface area contributed by atoms with Gasteiger partial charge in [-0.2, -0.15) is 0 Å². The number of carbonyl (C=O) groups excluding carboxylic acids is 1. The molecule has 0 spiro atoms. The molecule has 0 bridgehead atoms. The van der Waals surface area contributed by atoms with Crippen molar-refractivity contribution in [1.29, 1.82) is 0 Å². The summed E-state index contributed by atoms with van der Waals surface area (Å²) < 4.78 is 0. The highest BCUT2D eigenvalue weighted by Crippen LogP contribution is 2.30. The zero-order valence-corrected chi connectivity index (χ0v) is 14.7. The second-order valence-electron chi connectivity index (χ2n) is 5.78. The van der Waals surface area contributed by atoms with E-state index in [2.05, 4.69) is 9.97 Å². The minimum absolute atomic E-state index is 0.0140. The molecule has 0 aliphatic rings. The number of ketones is 1. The SMILES string of the molecule is O=C(/C(=C/c1ccccc1)Sc1nc2ccccc2[nH]1)c1ccccc1. The fraction of sp³-hybridized carbons (Fsp3) is 0. The molecule has 4 aromatic rings. The quantitative estimate of drug-likeness (QED) is 0.288. The van der Waals surface area contributed by atoms with Crippen molar-refractivity contribution in [3.63, 3.8) is 0 Å². The number of hydrogen-bond acceptors (Lipinski definition) is 3. The van der Waals surface area contributed by atoms with Gasteiger partial charge in [0.1, 0.15) is 0 Å². The molecule has 126 valence electrons. The number of allylic oxidation sites excluding steroid dienone is 1. The maximum Gasteiger partial charge on any atom is 0.199 e. The number of benzene rings is 3. The largest absolute Gasteiger partial charge is 0.333 e. The van der Waals surface area contributed by atoms with Crippen LogP contribution >= 0.6 is 11.8 Å². The Morgan fingerprint density at radius 2 is 1.50 bits per heavy atom. The molecule has 1 heterocycles. The van der Waals surface area contributed by atoms with E-state index in [4.69, 9.17) is 0 Å². The molecule has 0 saturated heterocycles. The van der Waals surface area contributed by atoms with E-state index in [1.165, 1.54) is 11.8 Å². The average molecular weight is 356 g/mol. The van der Waals surface area contributed by atoms with E-state index in [1.807, 2.05) is 91.0 Å². The number of imidazole rings is 1. The van der Waals surface area contributed by atoms with E-state index in [1.54, 1.807) is 0 Å². The summed E-state index contributed by atoms with van der Waals surface area (Å²) >= 11 is 1.36. The number of para-hydroxylation sites is 2. The maximum absolute atomic E-state index is 13.0. The van der Waals surface area contributed by atoms with Crippen molar-refractivity contribution in [2.45, 2.75) is 5.16 Å². The van der Waals surface area contributed by atoms with Crippen LogP contribution in [0.2, 0.25) is 0 Å². The average Bonchev–Trinajstić information content (AvgIpc) is 3.11. The zero-order valence-electron chi connectivity index (χ0n) is 13.9. The van der Waals surface area contributed by atoms with E-state index in [-0.39, 0.29) is 5.78 Å². The Labute approximate surface area is 155 Å². The molecule has 1 aromatic heterocycles. The number of nitrogens with zero attached hydrogens (tertiary/aromatic N) is 1. The van der Waals surface area contributed by atoms with E-state index < -0.39 is 0 Å². The number of fused-ring (bicyclic) bond motifs is 1. The normalized spacial score (nSPS) is 11.6. The summed E-state index contributed by atoms with van der Waals surface area (Å²) in [5.74, 6) is -0.0140. The van der Waals surface area contributed by atoms with Gasteiger partial charge in [-0.05, 0) is 35.5 Å². The zero-order chi connectivity index (χ0) is 17.8. The van der Waals surface area contributed by atoms with Crippen LogP contribution in [0.25, 0.3) is 17.1 Å². The van der Waals surface area contributed by atoms with Gasteiger partial charge < -0.3 is 4.98 Å². The number of rotatable bonds is 5. The molecule has 0 aliphatic carbocycles. The standard InChI is InChI=1S/C22H16N2OS/c25-21(17-11-5-2-6-12-17)20(15-16-9-3-1-4-10-16)26-22-23-18-13-7-8-14-19(18)24-22/h1-15H,(H,23,24)/b20-15-. The van der Waals surface area contributed by atoms with Crippen molar-refractivity contribution < 1.29 is 4.79 Å². The Kier molecular flexibility index (Phi) is 4.67.